The van der Waals surface area contributed by atoms with E-state index in [2.05, 4.69) is 102 Å². The van der Waals surface area contributed by atoms with E-state index in [-0.39, 0.29) is 12.0 Å². The van der Waals surface area contributed by atoms with Crippen LogP contribution in [0.1, 0.15) is 37.0 Å². The maximum atomic E-state index is 10.8. The Morgan fingerprint density at radius 1 is 0.875 bits per heavy atom. The summed E-state index contributed by atoms with van der Waals surface area (Å²) < 4.78 is 2.10. The van der Waals surface area contributed by atoms with Crippen molar-refractivity contribution in [2.75, 3.05) is 20.1 Å². The zero-order valence-corrected chi connectivity index (χ0v) is 24.5. The number of likely N-dealkylation sites (N-methyl/N-ethyl adjacent to an activating group) is 1. The number of aliphatic hydroxyl groups excluding tert-OH is 1. The summed E-state index contributed by atoms with van der Waals surface area (Å²) in [5.41, 5.74) is 5.66. The van der Waals surface area contributed by atoms with Crippen molar-refractivity contribution < 1.29 is 15.0 Å². The van der Waals surface area contributed by atoms with Gasteiger partial charge in [-0.2, -0.15) is 0 Å². The van der Waals surface area contributed by atoms with Gasteiger partial charge in [0.05, 0.1) is 6.10 Å². The summed E-state index contributed by atoms with van der Waals surface area (Å²) in [5.74, 6) is 0.0399. The van der Waals surface area contributed by atoms with Crippen LogP contribution in [0, 0.1) is 0 Å². The molecule has 0 fully saturated rings. The number of rotatable bonds is 14. The van der Waals surface area contributed by atoms with Crippen molar-refractivity contribution in [1.82, 2.24) is 9.62 Å². The fourth-order valence-corrected chi connectivity index (χ4v) is 5.70. The number of aryl methyl sites for hydroxylation is 1. The minimum Gasteiger partial charge on any atom is -0.481 e. The molecule has 0 unspecified atom stereocenters. The zero-order chi connectivity index (χ0) is 28.5. The van der Waals surface area contributed by atoms with E-state index in [1.807, 2.05) is 19.2 Å². The van der Waals surface area contributed by atoms with E-state index >= 15 is 0 Å². The maximum absolute atomic E-state index is 10.8. The van der Waals surface area contributed by atoms with Gasteiger partial charge < -0.3 is 15.5 Å². The van der Waals surface area contributed by atoms with Crippen molar-refractivity contribution in [1.29, 1.82) is 0 Å². The third-order valence-electron chi connectivity index (χ3n) is 7.04. The second-order valence-corrected chi connectivity index (χ2v) is 12.3. The van der Waals surface area contributed by atoms with Gasteiger partial charge in [-0.1, -0.05) is 103 Å². The molecule has 1 atom stereocenters. The lowest BCUT2D eigenvalue weighted by atomic mass is 9.93. The van der Waals surface area contributed by atoms with Crippen LogP contribution in [0.5, 0.6) is 0 Å². The number of carboxylic acids is 1. The molecule has 0 aliphatic carbocycles. The minimum atomic E-state index is -0.774. The van der Waals surface area contributed by atoms with Gasteiger partial charge in [-0.3, -0.25) is 9.10 Å². The lowest BCUT2D eigenvalue weighted by Crippen LogP contribution is -2.46. The molecule has 0 saturated carbocycles. The standard InChI is InChI=1S/C34H40N2O3S/c1-34(2,21-26-13-17-28-8-4-5-9-30(28)19-26)35-22-32(37)23-36(3)40-24-27-7-6-10-31(20-27)29-15-11-25(12-16-29)14-18-33(38)39/h4-13,15-17,19-20,32,35,37H,14,18,21-24H2,1-3H3,(H,38,39)/t32-/m1/s1. The summed E-state index contributed by atoms with van der Waals surface area (Å²) in [5, 5.41) is 25.7. The first kappa shape index (κ1) is 29.8. The van der Waals surface area contributed by atoms with Crippen molar-refractivity contribution in [2.24, 2.45) is 0 Å². The lowest BCUT2D eigenvalue weighted by Gasteiger charge is -2.29. The van der Waals surface area contributed by atoms with Crippen molar-refractivity contribution in [3.63, 3.8) is 0 Å². The van der Waals surface area contributed by atoms with E-state index in [0.29, 0.717) is 19.5 Å². The number of hydrogen-bond acceptors (Lipinski definition) is 5. The molecule has 0 aromatic heterocycles. The van der Waals surface area contributed by atoms with Crippen LogP contribution in [0.2, 0.25) is 0 Å². The molecule has 4 aromatic rings. The van der Waals surface area contributed by atoms with Gasteiger partial charge in [0.2, 0.25) is 0 Å². The van der Waals surface area contributed by atoms with Crippen molar-refractivity contribution >= 4 is 28.7 Å². The predicted molar refractivity (Wildman–Crippen MR) is 168 cm³/mol. The number of nitrogens with zero attached hydrogens (tertiary/aromatic N) is 1. The topological polar surface area (TPSA) is 72.8 Å². The number of carboxylic acid groups (broad SMARTS) is 1. The highest BCUT2D eigenvalue weighted by Crippen LogP contribution is 2.24. The summed E-state index contributed by atoms with van der Waals surface area (Å²) in [7, 11) is 2.02. The first-order valence-corrected chi connectivity index (χ1v) is 14.8. The highest BCUT2D eigenvalue weighted by atomic mass is 32.2. The van der Waals surface area contributed by atoms with Crippen molar-refractivity contribution in [2.45, 2.75) is 50.5 Å². The number of fused-ring (bicyclic) bond motifs is 1. The lowest BCUT2D eigenvalue weighted by molar-refractivity contribution is -0.136. The molecular formula is C34H40N2O3S. The molecule has 0 heterocycles. The van der Waals surface area contributed by atoms with Gasteiger partial charge in [0, 0.05) is 30.8 Å². The number of aliphatic carboxylic acids is 1. The Hall–Kier alpha value is -3.16. The van der Waals surface area contributed by atoms with Gasteiger partial charge in [-0.15, -0.1) is 0 Å². The maximum Gasteiger partial charge on any atom is 0.303 e. The molecule has 0 saturated heterocycles. The number of aliphatic hydroxyl groups is 1. The molecule has 0 spiro atoms. The van der Waals surface area contributed by atoms with E-state index in [9.17, 15) is 9.90 Å². The molecule has 0 radical (unpaired) electrons. The van der Waals surface area contributed by atoms with Crippen LogP contribution in [0.3, 0.4) is 0 Å². The highest BCUT2D eigenvalue weighted by Gasteiger charge is 2.20. The fourth-order valence-electron chi connectivity index (χ4n) is 4.87. The summed E-state index contributed by atoms with van der Waals surface area (Å²) >= 11 is 1.70. The van der Waals surface area contributed by atoms with E-state index in [4.69, 9.17) is 5.11 Å². The van der Waals surface area contributed by atoms with Crippen molar-refractivity contribution in [3.8, 4) is 11.1 Å². The largest absolute Gasteiger partial charge is 0.481 e. The molecule has 0 amide bonds. The van der Waals surface area contributed by atoms with E-state index in [0.717, 1.165) is 28.9 Å². The normalized spacial score (nSPS) is 12.6. The van der Waals surface area contributed by atoms with E-state index < -0.39 is 12.1 Å². The number of hydrogen-bond donors (Lipinski definition) is 3. The van der Waals surface area contributed by atoms with Gasteiger partial charge in [0.1, 0.15) is 0 Å². The average Bonchev–Trinajstić information content (AvgIpc) is 2.94. The summed E-state index contributed by atoms with van der Waals surface area (Å²) in [6, 6.07) is 31.7. The van der Waals surface area contributed by atoms with Gasteiger partial charge in [0.25, 0.3) is 0 Å². The highest BCUT2D eigenvalue weighted by molar-refractivity contribution is 7.96. The summed E-state index contributed by atoms with van der Waals surface area (Å²) in [4.78, 5) is 10.8. The van der Waals surface area contributed by atoms with Crippen LogP contribution >= 0.6 is 11.9 Å². The van der Waals surface area contributed by atoms with Crippen LogP contribution in [-0.4, -0.2) is 52.3 Å². The molecule has 4 aromatic carbocycles. The Labute approximate surface area is 242 Å². The molecule has 3 N–H and O–H groups in total. The second kappa shape index (κ2) is 14.0. The Kier molecular flexibility index (Phi) is 10.4. The molecule has 0 bridgehead atoms. The van der Waals surface area contributed by atoms with Crippen molar-refractivity contribution in [3.05, 3.63) is 108 Å². The van der Waals surface area contributed by atoms with Gasteiger partial charge in [0.15, 0.2) is 0 Å². The van der Waals surface area contributed by atoms with Gasteiger partial charge in [-0.05, 0) is 72.3 Å². The first-order valence-electron chi connectivity index (χ1n) is 13.8. The molecule has 210 valence electrons. The minimum absolute atomic E-state index is 0.135. The summed E-state index contributed by atoms with van der Waals surface area (Å²) in [6.45, 7) is 5.47. The first-order chi connectivity index (χ1) is 19.2. The van der Waals surface area contributed by atoms with Crippen LogP contribution < -0.4 is 5.32 Å². The van der Waals surface area contributed by atoms with Gasteiger partial charge >= 0.3 is 5.97 Å². The van der Waals surface area contributed by atoms with Crippen LogP contribution in [0.15, 0.2) is 91.0 Å². The molecule has 5 nitrogen and oxygen atoms in total. The molecule has 4 rings (SSSR count). The number of nitrogens with one attached hydrogen (secondary N) is 1. The molecule has 40 heavy (non-hydrogen) atoms. The molecule has 6 heteroatoms. The quantitative estimate of drug-likeness (QED) is 0.153. The van der Waals surface area contributed by atoms with Crippen LogP contribution in [0.25, 0.3) is 21.9 Å². The third kappa shape index (κ3) is 9.20. The Morgan fingerprint density at radius 2 is 1.60 bits per heavy atom. The summed E-state index contributed by atoms with van der Waals surface area (Å²) in [6.07, 6.45) is 1.10. The zero-order valence-electron chi connectivity index (χ0n) is 23.6. The monoisotopic (exact) mass is 556 g/mol. The number of β-amino-alcohol motifs (C(OH)–C–C–N with tert-alkyl or cyclic N) is 1. The van der Waals surface area contributed by atoms with Crippen LogP contribution in [0.4, 0.5) is 0 Å². The van der Waals surface area contributed by atoms with E-state index in [1.165, 1.54) is 21.9 Å². The SMILES string of the molecule is CN(C[C@H](O)CNC(C)(C)Cc1ccc2ccccc2c1)SCc1cccc(-c2ccc(CCC(=O)O)cc2)c1. The fraction of sp³-hybridized carbons (Fsp3) is 0.324. The Morgan fingerprint density at radius 3 is 2.35 bits per heavy atom. The average molecular weight is 557 g/mol. The molecular weight excluding hydrogens is 516 g/mol. The smallest absolute Gasteiger partial charge is 0.303 e. The van der Waals surface area contributed by atoms with Crippen LogP contribution in [-0.2, 0) is 23.4 Å². The molecule has 0 aliphatic heterocycles. The Balaban J connectivity index is 1.22. The predicted octanol–water partition coefficient (Wildman–Crippen LogP) is 6.58. The molecule has 0 aliphatic rings. The van der Waals surface area contributed by atoms with Gasteiger partial charge in [-0.25, -0.2) is 0 Å². The Bertz CT molecular complexity index is 1400. The third-order valence-corrected chi connectivity index (χ3v) is 8.09. The second-order valence-electron chi connectivity index (χ2n) is 11.2. The number of benzene rings is 4. The van der Waals surface area contributed by atoms with E-state index in [1.54, 1.807) is 11.9 Å². The number of carbonyl (C=O) groups is 1.